The fourth-order valence-corrected chi connectivity index (χ4v) is 3.36. The lowest BCUT2D eigenvalue weighted by atomic mass is 9.96. The minimum atomic E-state index is -0.592. The van der Waals surface area contributed by atoms with Gasteiger partial charge in [-0.15, -0.1) is 0 Å². The number of amides is 2. The summed E-state index contributed by atoms with van der Waals surface area (Å²) >= 11 is 11.9. The molecular formula is C20H18Cl2N2O3. The van der Waals surface area contributed by atoms with Gasteiger partial charge in [0.05, 0.1) is 16.5 Å². The summed E-state index contributed by atoms with van der Waals surface area (Å²) in [5, 5.41) is 9.45. The Labute approximate surface area is 167 Å². The summed E-state index contributed by atoms with van der Waals surface area (Å²) in [5.74, 6) is -0.564. The number of nitrogens with zero attached hydrogens (tertiary/aromatic N) is 1. The van der Waals surface area contributed by atoms with Gasteiger partial charge in [0.2, 0.25) is 5.91 Å². The van der Waals surface area contributed by atoms with Gasteiger partial charge in [0.25, 0.3) is 5.91 Å². The number of halogens is 2. The molecule has 0 fully saturated rings. The first-order chi connectivity index (χ1) is 13.0. The molecule has 0 radical (unpaired) electrons. The maximum Gasteiger partial charge on any atom is 0.267 e. The molecular weight excluding hydrogens is 387 g/mol. The van der Waals surface area contributed by atoms with Crippen molar-refractivity contribution < 1.29 is 14.8 Å². The molecule has 1 aliphatic rings. The summed E-state index contributed by atoms with van der Waals surface area (Å²) in [6.07, 6.45) is 3.91. The maximum atomic E-state index is 12.7. The molecule has 1 aliphatic heterocycles. The van der Waals surface area contributed by atoms with Crippen molar-refractivity contribution in [2.24, 2.45) is 0 Å². The van der Waals surface area contributed by atoms with Crippen molar-refractivity contribution >= 4 is 41.1 Å². The van der Waals surface area contributed by atoms with E-state index in [2.05, 4.69) is 0 Å². The Morgan fingerprint density at radius 2 is 1.93 bits per heavy atom. The summed E-state index contributed by atoms with van der Waals surface area (Å²) in [6.45, 7) is 1.18. The van der Waals surface area contributed by atoms with Gasteiger partial charge in [0.15, 0.2) is 0 Å². The monoisotopic (exact) mass is 404 g/mol. The first-order valence-corrected chi connectivity index (χ1v) is 9.17. The largest absolute Gasteiger partial charge is 0.338 e. The predicted molar refractivity (Wildman–Crippen MR) is 105 cm³/mol. The second-order valence-corrected chi connectivity index (χ2v) is 7.14. The highest BCUT2D eigenvalue weighted by atomic mass is 35.5. The number of nitrogens with one attached hydrogen (secondary N) is 1. The number of rotatable bonds is 4. The third-order valence-corrected chi connectivity index (χ3v) is 5.21. The summed E-state index contributed by atoms with van der Waals surface area (Å²) in [5.41, 5.74) is 5.45. The number of fused-ring (bicyclic) bond motifs is 1. The predicted octanol–water partition coefficient (Wildman–Crippen LogP) is 3.64. The van der Waals surface area contributed by atoms with Crippen LogP contribution in [-0.2, 0) is 29.0 Å². The number of hydrogen-bond donors (Lipinski definition) is 2. The zero-order valence-corrected chi connectivity index (χ0v) is 15.9. The molecule has 0 aromatic heterocycles. The summed E-state index contributed by atoms with van der Waals surface area (Å²) in [4.78, 5) is 25.6. The third kappa shape index (κ3) is 4.89. The minimum absolute atomic E-state index is 0.0274. The molecule has 0 aliphatic carbocycles. The van der Waals surface area contributed by atoms with Gasteiger partial charge in [-0.2, -0.15) is 0 Å². The van der Waals surface area contributed by atoms with E-state index < -0.39 is 5.91 Å². The molecule has 0 unspecified atom stereocenters. The molecule has 140 valence electrons. The van der Waals surface area contributed by atoms with Crippen LogP contribution in [0.3, 0.4) is 0 Å². The van der Waals surface area contributed by atoms with E-state index in [9.17, 15) is 9.59 Å². The minimum Gasteiger partial charge on any atom is -0.338 e. The smallest absolute Gasteiger partial charge is 0.267 e. The summed E-state index contributed by atoms with van der Waals surface area (Å²) in [6, 6.07) is 11.1. The normalized spacial score (nSPS) is 13.5. The molecule has 0 spiro atoms. The molecule has 0 saturated carbocycles. The van der Waals surface area contributed by atoms with Gasteiger partial charge in [0, 0.05) is 19.2 Å². The highest BCUT2D eigenvalue weighted by Gasteiger charge is 2.21. The van der Waals surface area contributed by atoms with E-state index in [0.717, 1.165) is 23.1 Å². The molecule has 1 heterocycles. The Bertz CT molecular complexity index is 912. The lowest BCUT2D eigenvalue weighted by molar-refractivity contribution is -0.131. The third-order valence-electron chi connectivity index (χ3n) is 4.47. The standard InChI is InChI=1S/C20H18Cl2N2O3/c21-17-5-2-14(10-18(17)22)11-20(26)24-8-7-15-4-1-13(9-16(15)12-24)3-6-19(25)23-27/h1-6,9-10,27H,7-8,11-12H2,(H,23,25). The summed E-state index contributed by atoms with van der Waals surface area (Å²) < 4.78 is 0. The Hall–Kier alpha value is -2.34. The second kappa shape index (κ2) is 8.57. The Morgan fingerprint density at radius 3 is 2.67 bits per heavy atom. The van der Waals surface area contributed by atoms with E-state index in [0.29, 0.717) is 23.1 Å². The van der Waals surface area contributed by atoms with Gasteiger partial charge in [-0.25, -0.2) is 5.48 Å². The summed E-state index contributed by atoms with van der Waals surface area (Å²) in [7, 11) is 0. The van der Waals surface area contributed by atoms with Crippen LogP contribution in [0.4, 0.5) is 0 Å². The van der Waals surface area contributed by atoms with E-state index in [4.69, 9.17) is 28.4 Å². The van der Waals surface area contributed by atoms with Crippen LogP contribution in [0.2, 0.25) is 10.0 Å². The molecule has 0 atom stereocenters. The number of hydrogen-bond acceptors (Lipinski definition) is 3. The van der Waals surface area contributed by atoms with Crippen molar-refractivity contribution in [3.8, 4) is 0 Å². The Kier molecular flexibility index (Phi) is 6.16. The van der Waals surface area contributed by atoms with Crippen molar-refractivity contribution in [1.29, 1.82) is 0 Å². The topological polar surface area (TPSA) is 69.6 Å². The quantitative estimate of drug-likeness (QED) is 0.464. The molecule has 5 nitrogen and oxygen atoms in total. The van der Waals surface area contributed by atoms with Gasteiger partial charge >= 0.3 is 0 Å². The van der Waals surface area contributed by atoms with Gasteiger partial charge in [-0.1, -0.05) is 41.4 Å². The average Bonchev–Trinajstić information content (AvgIpc) is 2.68. The van der Waals surface area contributed by atoms with Crippen LogP contribution in [0, 0.1) is 0 Å². The molecule has 7 heteroatoms. The maximum absolute atomic E-state index is 12.7. The van der Waals surface area contributed by atoms with Crippen LogP contribution in [0.5, 0.6) is 0 Å². The Balaban J connectivity index is 1.70. The number of benzene rings is 2. The van der Waals surface area contributed by atoms with Gasteiger partial charge in [0.1, 0.15) is 0 Å². The zero-order chi connectivity index (χ0) is 19.4. The first-order valence-electron chi connectivity index (χ1n) is 8.42. The van der Waals surface area contributed by atoms with E-state index >= 15 is 0 Å². The van der Waals surface area contributed by atoms with Crippen LogP contribution in [0.1, 0.15) is 22.3 Å². The Morgan fingerprint density at radius 1 is 1.11 bits per heavy atom. The molecule has 2 amide bonds. The number of carbonyl (C=O) groups excluding carboxylic acids is 2. The van der Waals surface area contributed by atoms with Crippen LogP contribution in [-0.4, -0.2) is 28.5 Å². The zero-order valence-electron chi connectivity index (χ0n) is 14.4. The van der Waals surface area contributed by atoms with E-state index in [1.54, 1.807) is 29.8 Å². The van der Waals surface area contributed by atoms with Crippen LogP contribution in [0.25, 0.3) is 6.08 Å². The van der Waals surface area contributed by atoms with Crippen LogP contribution < -0.4 is 5.48 Å². The van der Waals surface area contributed by atoms with Crippen LogP contribution >= 0.6 is 23.2 Å². The molecule has 27 heavy (non-hydrogen) atoms. The van der Waals surface area contributed by atoms with Gasteiger partial charge in [-0.05, 0) is 52.9 Å². The van der Waals surface area contributed by atoms with Crippen LogP contribution in [0.15, 0.2) is 42.5 Å². The first kappa shape index (κ1) is 19.4. The van der Waals surface area contributed by atoms with Crippen molar-refractivity contribution in [2.45, 2.75) is 19.4 Å². The van der Waals surface area contributed by atoms with Crippen molar-refractivity contribution in [2.75, 3.05) is 6.54 Å². The molecule has 3 rings (SSSR count). The van der Waals surface area contributed by atoms with Crippen molar-refractivity contribution in [3.63, 3.8) is 0 Å². The van der Waals surface area contributed by atoms with E-state index in [-0.39, 0.29) is 12.3 Å². The highest BCUT2D eigenvalue weighted by molar-refractivity contribution is 6.42. The lowest BCUT2D eigenvalue weighted by Crippen LogP contribution is -2.36. The number of carbonyl (C=O) groups is 2. The lowest BCUT2D eigenvalue weighted by Gasteiger charge is -2.29. The SMILES string of the molecule is O=C(C=Cc1ccc2c(c1)CN(C(=O)Cc1ccc(Cl)c(Cl)c1)CC2)NO. The fraction of sp³-hybridized carbons (Fsp3) is 0.200. The molecule has 2 aromatic carbocycles. The van der Waals surface area contributed by atoms with Crippen molar-refractivity contribution in [1.82, 2.24) is 10.4 Å². The molecule has 2 N–H and O–H groups in total. The van der Waals surface area contributed by atoms with E-state index in [1.165, 1.54) is 11.6 Å². The molecule has 0 saturated heterocycles. The number of hydroxylamine groups is 1. The molecule has 2 aromatic rings. The van der Waals surface area contributed by atoms with Gasteiger partial charge < -0.3 is 4.90 Å². The average molecular weight is 405 g/mol. The fourth-order valence-electron chi connectivity index (χ4n) is 3.04. The van der Waals surface area contributed by atoms with E-state index in [1.807, 2.05) is 23.1 Å². The molecule has 0 bridgehead atoms. The second-order valence-electron chi connectivity index (χ2n) is 6.33. The van der Waals surface area contributed by atoms with Crippen molar-refractivity contribution in [3.05, 3.63) is 74.8 Å². The highest BCUT2D eigenvalue weighted by Crippen LogP contribution is 2.25. The van der Waals surface area contributed by atoms with Gasteiger partial charge in [-0.3, -0.25) is 14.8 Å².